The summed E-state index contributed by atoms with van der Waals surface area (Å²) in [5, 5.41) is 3.99. The highest BCUT2D eigenvalue weighted by Gasteiger charge is 2.06. The molecule has 0 saturated carbocycles. The molecule has 2 unspecified atom stereocenters. The van der Waals surface area contributed by atoms with Gasteiger partial charge >= 0.3 is 0 Å². The van der Waals surface area contributed by atoms with Crippen molar-refractivity contribution >= 4 is 28.0 Å². The Bertz CT molecular complexity index is 569. The fourth-order valence-corrected chi connectivity index (χ4v) is 2.78. The summed E-state index contributed by atoms with van der Waals surface area (Å²) >= 11 is 5.91. The van der Waals surface area contributed by atoms with Crippen LogP contribution in [0.25, 0.3) is 5.65 Å². The number of rotatable bonds is 5. The van der Waals surface area contributed by atoms with Crippen LogP contribution in [0.15, 0.2) is 24.5 Å². The molecule has 0 amide bonds. The van der Waals surface area contributed by atoms with E-state index < -0.39 is 10.8 Å². The number of hydrogen-bond acceptors (Lipinski definition) is 3. The first-order chi connectivity index (χ1) is 8.54. The Morgan fingerprint density at radius 2 is 2.28 bits per heavy atom. The lowest BCUT2D eigenvalue weighted by atomic mass is 10.3. The van der Waals surface area contributed by atoms with Gasteiger partial charge in [-0.1, -0.05) is 11.6 Å². The molecule has 0 aliphatic rings. The van der Waals surface area contributed by atoms with Crippen molar-refractivity contribution in [2.75, 3.05) is 12.0 Å². The van der Waals surface area contributed by atoms with Gasteiger partial charge in [-0.25, -0.2) is 4.98 Å². The predicted molar refractivity (Wildman–Crippen MR) is 75.4 cm³/mol. The summed E-state index contributed by atoms with van der Waals surface area (Å²) in [6.07, 6.45) is 5.49. The zero-order valence-electron chi connectivity index (χ0n) is 10.4. The van der Waals surface area contributed by atoms with E-state index in [9.17, 15) is 4.21 Å². The average Bonchev–Trinajstić information content (AvgIpc) is 2.67. The van der Waals surface area contributed by atoms with E-state index in [0.29, 0.717) is 17.3 Å². The molecular formula is C12H16ClN3OS. The van der Waals surface area contributed by atoms with Crippen LogP contribution < -0.4 is 5.32 Å². The number of aromatic nitrogens is 2. The molecule has 0 saturated heterocycles. The van der Waals surface area contributed by atoms with E-state index in [2.05, 4.69) is 10.3 Å². The van der Waals surface area contributed by atoms with Gasteiger partial charge in [0.1, 0.15) is 5.65 Å². The Balaban J connectivity index is 2.01. The van der Waals surface area contributed by atoms with Gasteiger partial charge in [-0.15, -0.1) is 0 Å². The van der Waals surface area contributed by atoms with Crippen molar-refractivity contribution in [2.45, 2.75) is 19.5 Å². The van der Waals surface area contributed by atoms with E-state index in [4.69, 9.17) is 11.6 Å². The highest BCUT2D eigenvalue weighted by atomic mass is 35.5. The standard InChI is InChI=1S/C12H16ClN3OS/c1-9(8-18(2)17)14-5-11-7-16-6-10(13)3-4-12(16)15-11/h3-4,6-7,9,14H,5,8H2,1-2H3. The Labute approximate surface area is 114 Å². The lowest BCUT2D eigenvalue weighted by molar-refractivity contribution is 0.582. The van der Waals surface area contributed by atoms with Crippen molar-refractivity contribution in [1.29, 1.82) is 0 Å². The molecule has 0 spiro atoms. The fraction of sp³-hybridized carbons (Fsp3) is 0.417. The maximum Gasteiger partial charge on any atom is 0.137 e. The van der Waals surface area contributed by atoms with E-state index in [-0.39, 0.29) is 6.04 Å². The van der Waals surface area contributed by atoms with Gasteiger partial charge in [0.2, 0.25) is 0 Å². The van der Waals surface area contributed by atoms with Crippen LogP contribution in [0.4, 0.5) is 0 Å². The molecule has 0 bridgehead atoms. The van der Waals surface area contributed by atoms with Crippen LogP contribution in [0.5, 0.6) is 0 Å². The summed E-state index contributed by atoms with van der Waals surface area (Å²) in [7, 11) is -0.777. The summed E-state index contributed by atoms with van der Waals surface area (Å²) in [5.41, 5.74) is 1.83. The molecule has 2 aromatic heterocycles. The van der Waals surface area contributed by atoms with Gasteiger partial charge in [0.15, 0.2) is 0 Å². The number of nitrogens with zero attached hydrogens (tertiary/aromatic N) is 2. The molecular weight excluding hydrogens is 270 g/mol. The molecule has 1 N–H and O–H groups in total. The van der Waals surface area contributed by atoms with Crippen molar-refractivity contribution in [1.82, 2.24) is 14.7 Å². The molecule has 2 rings (SSSR count). The summed E-state index contributed by atoms with van der Waals surface area (Å²) in [6, 6.07) is 3.92. The fourth-order valence-electron chi connectivity index (χ4n) is 1.79. The van der Waals surface area contributed by atoms with Crippen LogP contribution in [0.1, 0.15) is 12.6 Å². The van der Waals surface area contributed by atoms with Crippen LogP contribution in [-0.2, 0) is 17.3 Å². The Hall–Kier alpha value is -0.910. The minimum atomic E-state index is -0.777. The third-order valence-electron chi connectivity index (χ3n) is 2.58. The Morgan fingerprint density at radius 3 is 3.00 bits per heavy atom. The van der Waals surface area contributed by atoms with Crippen LogP contribution in [0.3, 0.4) is 0 Å². The van der Waals surface area contributed by atoms with E-state index in [1.54, 1.807) is 6.26 Å². The largest absolute Gasteiger partial charge is 0.308 e. The van der Waals surface area contributed by atoms with Crippen molar-refractivity contribution in [3.05, 3.63) is 35.2 Å². The number of nitrogens with one attached hydrogen (secondary N) is 1. The lowest BCUT2D eigenvalue weighted by Crippen LogP contribution is -2.30. The van der Waals surface area contributed by atoms with Crippen molar-refractivity contribution < 1.29 is 4.21 Å². The van der Waals surface area contributed by atoms with Crippen molar-refractivity contribution in [3.63, 3.8) is 0 Å². The first-order valence-electron chi connectivity index (χ1n) is 5.71. The number of pyridine rings is 1. The second kappa shape index (κ2) is 5.82. The van der Waals surface area contributed by atoms with E-state index in [1.165, 1.54) is 0 Å². The van der Waals surface area contributed by atoms with Gasteiger partial charge in [-0.3, -0.25) is 4.21 Å². The van der Waals surface area contributed by atoms with Crippen LogP contribution in [0.2, 0.25) is 5.02 Å². The minimum absolute atomic E-state index is 0.212. The molecule has 18 heavy (non-hydrogen) atoms. The predicted octanol–water partition coefficient (Wildman–Crippen LogP) is 1.84. The van der Waals surface area contributed by atoms with E-state index in [1.807, 2.05) is 35.9 Å². The second-order valence-electron chi connectivity index (χ2n) is 4.37. The smallest absolute Gasteiger partial charge is 0.137 e. The lowest BCUT2D eigenvalue weighted by Gasteiger charge is -2.10. The van der Waals surface area contributed by atoms with Crippen LogP contribution in [0, 0.1) is 0 Å². The molecule has 6 heteroatoms. The van der Waals surface area contributed by atoms with Crippen LogP contribution >= 0.6 is 11.6 Å². The highest BCUT2D eigenvalue weighted by Crippen LogP contribution is 2.11. The zero-order valence-corrected chi connectivity index (χ0v) is 12.0. The molecule has 2 heterocycles. The van der Waals surface area contributed by atoms with Crippen LogP contribution in [-0.4, -0.2) is 31.6 Å². The third kappa shape index (κ3) is 3.54. The zero-order chi connectivity index (χ0) is 13.1. The monoisotopic (exact) mass is 285 g/mol. The summed E-state index contributed by atoms with van der Waals surface area (Å²) in [6.45, 7) is 2.69. The van der Waals surface area contributed by atoms with Gasteiger partial charge in [0.25, 0.3) is 0 Å². The number of hydrogen-bond donors (Lipinski definition) is 1. The molecule has 98 valence electrons. The molecule has 4 nitrogen and oxygen atoms in total. The minimum Gasteiger partial charge on any atom is -0.308 e. The van der Waals surface area contributed by atoms with Gasteiger partial charge < -0.3 is 9.72 Å². The van der Waals surface area contributed by atoms with E-state index >= 15 is 0 Å². The van der Waals surface area contributed by atoms with Crippen molar-refractivity contribution in [2.24, 2.45) is 0 Å². The number of halogens is 1. The summed E-state index contributed by atoms with van der Waals surface area (Å²) in [5.74, 6) is 0.652. The molecule has 2 atom stereocenters. The summed E-state index contributed by atoms with van der Waals surface area (Å²) < 4.78 is 13.0. The SMILES string of the molecule is CC(CS(C)=O)NCc1cn2cc(Cl)ccc2n1. The second-order valence-corrected chi connectivity index (χ2v) is 6.28. The topological polar surface area (TPSA) is 46.4 Å². The highest BCUT2D eigenvalue weighted by molar-refractivity contribution is 7.84. The van der Waals surface area contributed by atoms with Gasteiger partial charge in [-0.05, 0) is 19.1 Å². The van der Waals surface area contributed by atoms with Crippen molar-refractivity contribution in [3.8, 4) is 0 Å². The number of fused-ring (bicyclic) bond motifs is 1. The quantitative estimate of drug-likeness (QED) is 0.912. The molecule has 0 radical (unpaired) electrons. The Kier molecular flexibility index (Phi) is 4.37. The van der Waals surface area contributed by atoms with Gasteiger partial charge in [0.05, 0.1) is 10.7 Å². The summed E-state index contributed by atoms with van der Waals surface area (Å²) in [4.78, 5) is 4.47. The normalized spacial score (nSPS) is 14.8. The molecule has 0 aliphatic carbocycles. The maximum absolute atomic E-state index is 11.1. The average molecular weight is 286 g/mol. The number of imidazole rings is 1. The van der Waals surface area contributed by atoms with E-state index in [0.717, 1.165) is 11.3 Å². The first kappa shape index (κ1) is 13.5. The molecule has 0 aromatic carbocycles. The maximum atomic E-state index is 11.1. The first-order valence-corrected chi connectivity index (χ1v) is 7.81. The molecule has 0 aliphatic heterocycles. The third-order valence-corrected chi connectivity index (χ3v) is 3.77. The Morgan fingerprint density at radius 1 is 1.50 bits per heavy atom. The van der Waals surface area contributed by atoms with Gasteiger partial charge in [-0.2, -0.15) is 0 Å². The molecule has 2 aromatic rings. The molecule has 0 fully saturated rings. The van der Waals surface area contributed by atoms with Gasteiger partial charge in [0, 0.05) is 47.8 Å².